The van der Waals surface area contributed by atoms with Gasteiger partial charge in [0.25, 0.3) is 0 Å². The molecule has 10 heteroatoms. The number of carbonyl (C=O) groups excluding carboxylic acids is 1. The third kappa shape index (κ3) is 4.23. The number of hydrogen-bond donors (Lipinski definition) is 0. The lowest BCUT2D eigenvalue weighted by molar-refractivity contribution is -0.113. The van der Waals surface area contributed by atoms with Gasteiger partial charge in [0.1, 0.15) is 23.9 Å². The Morgan fingerprint density at radius 3 is 2.55 bits per heavy atom. The van der Waals surface area contributed by atoms with E-state index in [1.165, 1.54) is 11.3 Å². The first-order valence-electron chi connectivity index (χ1n) is 11.5. The van der Waals surface area contributed by atoms with E-state index in [0.29, 0.717) is 32.2 Å². The topological polar surface area (TPSA) is 94.8 Å². The van der Waals surface area contributed by atoms with E-state index in [4.69, 9.17) is 14.2 Å². The van der Waals surface area contributed by atoms with Crippen LogP contribution in [0.1, 0.15) is 37.6 Å². The van der Waals surface area contributed by atoms with Crippen LogP contribution in [0.4, 0.5) is 10.6 Å². The van der Waals surface area contributed by atoms with Gasteiger partial charge in [-0.1, -0.05) is 0 Å². The quantitative estimate of drug-likeness (QED) is 0.694. The van der Waals surface area contributed by atoms with Gasteiger partial charge >= 0.3 is 6.09 Å². The Morgan fingerprint density at radius 2 is 1.88 bits per heavy atom. The number of piperidine rings is 1. The van der Waals surface area contributed by atoms with Crippen molar-refractivity contribution in [1.29, 1.82) is 0 Å². The molecule has 5 heterocycles. The summed E-state index contributed by atoms with van der Waals surface area (Å²) in [6, 6.07) is 0. The molecule has 2 aromatic rings. The second-order valence-electron chi connectivity index (χ2n) is 10.2. The van der Waals surface area contributed by atoms with Gasteiger partial charge in [-0.2, -0.15) is 5.10 Å². The molecular weight excluding hydrogens is 424 g/mol. The number of nitrogens with zero attached hydrogens (tertiary/aromatic N) is 6. The maximum atomic E-state index is 12.6. The smallest absolute Gasteiger partial charge is 0.410 e. The highest BCUT2D eigenvalue weighted by Crippen LogP contribution is 2.35. The average molecular weight is 457 g/mol. The van der Waals surface area contributed by atoms with Crippen LogP contribution in [0.25, 0.3) is 0 Å². The SMILES string of the molecule is Cc1c(OC2C3COCC2CN(C(=O)OC(C)(C)C)C3)ncnc1N1Cc2cnn(C)c2C1. The van der Waals surface area contributed by atoms with Gasteiger partial charge in [-0.3, -0.25) is 4.68 Å². The highest BCUT2D eigenvalue weighted by atomic mass is 16.6. The Hall–Kier alpha value is -2.88. The Bertz CT molecular complexity index is 1030. The van der Waals surface area contributed by atoms with Gasteiger partial charge in [-0.15, -0.1) is 0 Å². The van der Waals surface area contributed by atoms with Crippen LogP contribution in [0, 0.1) is 18.8 Å². The minimum Gasteiger partial charge on any atom is -0.473 e. The van der Waals surface area contributed by atoms with E-state index in [1.54, 1.807) is 11.2 Å². The lowest BCUT2D eigenvalue weighted by Gasteiger charge is -2.46. The zero-order valence-corrected chi connectivity index (χ0v) is 19.9. The highest BCUT2D eigenvalue weighted by molar-refractivity contribution is 5.68. The molecule has 2 aromatic heterocycles. The van der Waals surface area contributed by atoms with Crippen molar-refractivity contribution in [2.75, 3.05) is 31.2 Å². The van der Waals surface area contributed by atoms with Crippen LogP contribution in [-0.4, -0.2) is 68.7 Å². The molecule has 5 rings (SSSR count). The first kappa shape index (κ1) is 21.9. The molecule has 2 unspecified atom stereocenters. The molecule has 0 N–H and O–H groups in total. The normalized spacial score (nSPS) is 24.6. The van der Waals surface area contributed by atoms with Crippen molar-refractivity contribution in [2.45, 2.75) is 52.5 Å². The third-order valence-corrected chi connectivity index (χ3v) is 6.56. The molecule has 2 atom stereocenters. The van der Waals surface area contributed by atoms with Crippen molar-refractivity contribution < 1.29 is 19.0 Å². The Morgan fingerprint density at radius 1 is 1.15 bits per heavy atom. The zero-order chi connectivity index (χ0) is 23.3. The number of anilines is 1. The van der Waals surface area contributed by atoms with Crippen LogP contribution in [0.15, 0.2) is 12.5 Å². The summed E-state index contributed by atoms with van der Waals surface area (Å²) < 4.78 is 19.8. The first-order chi connectivity index (χ1) is 15.7. The van der Waals surface area contributed by atoms with Crippen LogP contribution in [0.2, 0.25) is 0 Å². The molecule has 3 aliphatic rings. The molecule has 0 spiro atoms. The van der Waals surface area contributed by atoms with Gasteiger partial charge in [-0.25, -0.2) is 14.8 Å². The van der Waals surface area contributed by atoms with E-state index >= 15 is 0 Å². The number of aromatic nitrogens is 4. The minimum absolute atomic E-state index is 0.0601. The molecule has 10 nitrogen and oxygen atoms in total. The summed E-state index contributed by atoms with van der Waals surface area (Å²) in [6.07, 6.45) is 3.14. The summed E-state index contributed by atoms with van der Waals surface area (Å²) in [6.45, 7) is 11.4. The van der Waals surface area contributed by atoms with Crippen LogP contribution in [-0.2, 0) is 29.6 Å². The predicted octanol–water partition coefficient (Wildman–Crippen LogP) is 2.30. The lowest BCUT2D eigenvalue weighted by atomic mass is 9.84. The molecule has 178 valence electrons. The first-order valence-corrected chi connectivity index (χ1v) is 11.5. The summed E-state index contributed by atoms with van der Waals surface area (Å²) in [5.74, 6) is 1.60. The van der Waals surface area contributed by atoms with Crippen LogP contribution < -0.4 is 9.64 Å². The Kier molecular flexibility index (Phi) is 5.43. The lowest BCUT2D eigenvalue weighted by Crippen LogP contribution is -2.59. The summed E-state index contributed by atoms with van der Waals surface area (Å²) in [7, 11) is 1.97. The second kappa shape index (κ2) is 8.16. The van der Waals surface area contributed by atoms with Crippen molar-refractivity contribution in [2.24, 2.45) is 18.9 Å². The molecule has 33 heavy (non-hydrogen) atoms. The summed E-state index contributed by atoms with van der Waals surface area (Å²) >= 11 is 0. The molecule has 0 saturated carbocycles. The largest absolute Gasteiger partial charge is 0.473 e. The van der Waals surface area contributed by atoms with E-state index in [-0.39, 0.29) is 24.0 Å². The average Bonchev–Trinajstić information content (AvgIpc) is 3.30. The number of aryl methyl sites for hydroxylation is 1. The molecular formula is C23H32N6O4. The number of likely N-dealkylation sites (tertiary alicyclic amines) is 1. The molecule has 2 saturated heterocycles. The molecule has 1 amide bonds. The zero-order valence-electron chi connectivity index (χ0n) is 19.9. The van der Waals surface area contributed by atoms with E-state index in [1.807, 2.05) is 45.6 Å². The minimum atomic E-state index is -0.518. The molecule has 0 aliphatic carbocycles. The standard InChI is InChI=1S/C23H32N6O4/c1-14-20(28-7-15-6-26-27(5)18(15)10-28)24-13-25-21(14)32-19-16-8-29(9-17(19)12-31-11-16)22(30)33-23(2,3)4/h6,13,16-17,19H,7-12H2,1-5H3. The van der Waals surface area contributed by atoms with Crippen LogP contribution in [0.5, 0.6) is 5.88 Å². The molecule has 2 fully saturated rings. The van der Waals surface area contributed by atoms with Crippen LogP contribution in [0.3, 0.4) is 0 Å². The maximum absolute atomic E-state index is 12.6. The predicted molar refractivity (Wildman–Crippen MR) is 120 cm³/mol. The molecule has 2 bridgehead atoms. The summed E-state index contributed by atoms with van der Waals surface area (Å²) in [5.41, 5.74) is 2.83. The summed E-state index contributed by atoms with van der Waals surface area (Å²) in [4.78, 5) is 25.7. The Labute approximate surface area is 193 Å². The number of amides is 1. The van der Waals surface area contributed by atoms with Crippen molar-refractivity contribution >= 4 is 11.9 Å². The Balaban J connectivity index is 1.31. The van der Waals surface area contributed by atoms with E-state index in [9.17, 15) is 4.79 Å². The number of carbonyl (C=O) groups is 1. The highest BCUT2D eigenvalue weighted by Gasteiger charge is 2.44. The van der Waals surface area contributed by atoms with Gasteiger partial charge in [0.05, 0.1) is 37.2 Å². The fourth-order valence-corrected chi connectivity index (χ4v) is 5.00. The molecule has 0 radical (unpaired) electrons. The number of hydrogen-bond acceptors (Lipinski definition) is 8. The number of rotatable bonds is 3. The van der Waals surface area contributed by atoms with E-state index < -0.39 is 5.60 Å². The van der Waals surface area contributed by atoms with Gasteiger partial charge in [0, 0.05) is 44.1 Å². The van der Waals surface area contributed by atoms with E-state index in [0.717, 1.165) is 24.5 Å². The van der Waals surface area contributed by atoms with Crippen LogP contribution >= 0.6 is 0 Å². The van der Waals surface area contributed by atoms with Gasteiger partial charge < -0.3 is 24.0 Å². The van der Waals surface area contributed by atoms with Gasteiger partial charge in [0.2, 0.25) is 5.88 Å². The molecule has 3 aliphatic heterocycles. The van der Waals surface area contributed by atoms with Crippen molar-refractivity contribution in [1.82, 2.24) is 24.6 Å². The van der Waals surface area contributed by atoms with Crippen molar-refractivity contribution in [3.8, 4) is 5.88 Å². The molecule has 0 aromatic carbocycles. The fraction of sp³-hybridized carbons (Fsp3) is 0.652. The second-order valence-corrected chi connectivity index (χ2v) is 10.2. The van der Waals surface area contributed by atoms with Crippen molar-refractivity contribution in [3.05, 3.63) is 29.3 Å². The maximum Gasteiger partial charge on any atom is 0.410 e. The van der Waals surface area contributed by atoms with Gasteiger partial charge in [0.15, 0.2) is 0 Å². The number of fused-ring (bicyclic) bond motifs is 3. The third-order valence-electron chi connectivity index (χ3n) is 6.56. The monoisotopic (exact) mass is 456 g/mol. The summed E-state index contributed by atoms with van der Waals surface area (Å²) in [5, 5.41) is 4.34. The number of ether oxygens (including phenoxy) is 3. The van der Waals surface area contributed by atoms with Crippen molar-refractivity contribution in [3.63, 3.8) is 0 Å². The fourth-order valence-electron chi connectivity index (χ4n) is 5.00. The van der Waals surface area contributed by atoms with E-state index in [2.05, 4.69) is 20.0 Å². The van der Waals surface area contributed by atoms with Gasteiger partial charge in [-0.05, 0) is 27.7 Å².